The predicted octanol–water partition coefficient (Wildman–Crippen LogP) is 11.7. The van der Waals surface area contributed by atoms with E-state index in [1.165, 1.54) is 59.2 Å². The number of aromatic nitrogens is 2. The smallest absolute Gasteiger partial charge is 0.332 e. The van der Waals surface area contributed by atoms with Crippen LogP contribution in [0, 0.1) is 0 Å². The minimum absolute atomic E-state index is 0.800. The molecule has 0 amide bonds. The lowest BCUT2D eigenvalue weighted by molar-refractivity contribution is -0.0893. The number of aliphatic hydroxyl groups is 1. The van der Waals surface area contributed by atoms with Gasteiger partial charge in [0.1, 0.15) is 0 Å². The van der Waals surface area contributed by atoms with Gasteiger partial charge < -0.3 is 18.9 Å². The average Bonchev–Trinajstić information content (AvgIpc) is 3.84. The van der Waals surface area contributed by atoms with Crippen molar-refractivity contribution < 1.29 is 9.76 Å². The molecule has 0 aliphatic rings. The molecule has 54 heavy (non-hydrogen) atoms. The van der Waals surface area contributed by atoms with Crippen LogP contribution in [0.4, 0.5) is 0 Å². The third-order valence-corrected chi connectivity index (χ3v) is 12.6. The molecule has 0 aliphatic carbocycles. The molecule has 4 nitrogen and oxygen atoms in total. The third-order valence-electron chi connectivity index (χ3n) is 11.4. The summed E-state index contributed by atoms with van der Waals surface area (Å²) < 4.78 is 13.6. The van der Waals surface area contributed by atoms with Gasteiger partial charge >= 0.3 is 7.48 Å². The van der Waals surface area contributed by atoms with Gasteiger partial charge in [-0.25, -0.2) is 0 Å². The van der Waals surface area contributed by atoms with E-state index in [4.69, 9.17) is 4.65 Å². The molecule has 3 aromatic heterocycles. The molecular weight excluding hydrogens is 679 g/mol. The molecule has 0 saturated heterocycles. The lowest BCUT2D eigenvalue weighted by Crippen LogP contribution is -2.49. The summed E-state index contributed by atoms with van der Waals surface area (Å²) in [5.41, 5.74) is 8.44. The van der Waals surface area contributed by atoms with Gasteiger partial charge in [0.2, 0.25) is 0 Å². The minimum Gasteiger partial charge on any atom is -0.427 e. The van der Waals surface area contributed by atoms with E-state index in [-0.39, 0.29) is 0 Å². The molecule has 1 radical (unpaired) electrons. The molecule has 10 rings (SSSR count). The summed E-state index contributed by atoms with van der Waals surface area (Å²) in [6.45, 7) is 7.45. The molecule has 0 saturated carbocycles. The Morgan fingerprint density at radius 3 is 1.94 bits per heavy atom. The van der Waals surface area contributed by atoms with Crippen LogP contribution in [-0.4, -0.2) is 32.9 Å². The van der Waals surface area contributed by atoms with Crippen LogP contribution in [0.5, 0.6) is 0 Å². The molecule has 0 spiro atoms. The van der Waals surface area contributed by atoms with Crippen LogP contribution in [0.1, 0.15) is 27.7 Å². The fraction of sp³-hybridized carbons (Fsp3) is 0.125. The summed E-state index contributed by atoms with van der Waals surface area (Å²) in [4.78, 5) is 0. The normalized spacial score (nSPS) is 12.6. The van der Waals surface area contributed by atoms with Crippen LogP contribution in [0.2, 0.25) is 0 Å². The number of benzene rings is 7. The topological polar surface area (TPSA) is 39.3 Å². The molecule has 10 aromatic rings. The highest BCUT2D eigenvalue weighted by Gasteiger charge is 2.36. The van der Waals surface area contributed by atoms with Crippen molar-refractivity contribution in [2.75, 3.05) is 0 Å². The molecule has 0 fully saturated rings. The van der Waals surface area contributed by atoms with Crippen molar-refractivity contribution in [1.82, 2.24) is 9.13 Å². The zero-order chi connectivity index (χ0) is 36.8. The third kappa shape index (κ3) is 5.05. The van der Waals surface area contributed by atoms with Crippen LogP contribution < -0.4 is 5.46 Å². The van der Waals surface area contributed by atoms with Crippen LogP contribution in [0.25, 0.3) is 86.3 Å². The standard InChI is InChI=1S/C48H38BN2O2S/c1-47(2,52)48(3,4)53-49-39-29-32(28-38-35-18-10-13-24-44(35)54-46(38)39)51-40-21-11-8-17-34(40)37-27-30(25-26-42(37)51)33-20-14-23-43-45(33)36-19-9-12-22-41(36)50(43)31-15-6-5-7-16-31/h5-29,52H,1-4H3. The van der Waals surface area contributed by atoms with Crippen molar-refractivity contribution in [2.45, 2.75) is 38.9 Å². The second kappa shape index (κ2) is 12.2. The lowest BCUT2D eigenvalue weighted by atomic mass is 9.82. The van der Waals surface area contributed by atoms with E-state index >= 15 is 0 Å². The van der Waals surface area contributed by atoms with Gasteiger partial charge in [0.05, 0.1) is 33.3 Å². The zero-order valence-corrected chi connectivity index (χ0v) is 31.5. The van der Waals surface area contributed by atoms with Crippen molar-refractivity contribution in [3.05, 3.63) is 152 Å². The molecular formula is C48H38BN2O2S. The molecule has 0 atom stereocenters. The Kier molecular flexibility index (Phi) is 7.44. The SMILES string of the molecule is CC(C)(O)C(C)(C)O[B]c1cc(-n2c3ccccc3c3cc(-c4cccc5c4c4ccccc4n5-c4ccccc4)ccc32)cc2c1sc1ccccc12. The van der Waals surface area contributed by atoms with E-state index in [1.54, 1.807) is 25.2 Å². The Morgan fingerprint density at radius 1 is 0.537 bits per heavy atom. The van der Waals surface area contributed by atoms with Gasteiger partial charge in [0.25, 0.3) is 0 Å². The Bertz CT molecular complexity index is 3070. The van der Waals surface area contributed by atoms with Crippen LogP contribution in [0.3, 0.4) is 0 Å². The highest BCUT2D eigenvalue weighted by Crippen LogP contribution is 2.42. The summed E-state index contributed by atoms with van der Waals surface area (Å²) in [7, 11) is 1.84. The van der Waals surface area contributed by atoms with Crippen LogP contribution in [0.15, 0.2) is 152 Å². The molecule has 1 N–H and O–H groups in total. The molecule has 6 heteroatoms. The number of para-hydroxylation sites is 3. The van der Waals surface area contributed by atoms with E-state index in [0.29, 0.717) is 0 Å². The number of thiophene rings is 1. The van der Waals surface area contributed by atoms with Gasteiger partial charge in [0.15, 0.2) is 0 Å². The molecule has 3 heterocycles. The maximum Gasteiger partial charge on any atom is 0.332 e. The predicted molar refractivity (Wildman–Crippen MR) is 230 cm³/mol. The van der Waals surface area contributed by atoms with E-state index < -0.39 is 11.2 Å². The van der Waals surface area contributed by atoms with Crippen molar-refractivity contribution in [3.8, 4) is 22.5 Å². The number of hydrogen-bond acceptors (Lipinski definition) is 3. The van der Waals surface area contributed by atoms with Gasteiger partial charge in [-0.2, -0.15) is 0 Å². The largest absolute Gasteiger partial charge is 0.427 e. The first-order valence-corrected chi connectivity index (χ1v) is 19.3. The summed E-state index contributed by atoms with van der Waals surface area (Å²) in [5, 5.41) is 18.2. The van der Waals surface area contributed by atoms with Crippen molar-refractivity contribution in [2.24, 2.45) is 0 Å². The summed E-state index contributed by atoms with van der Waals surface area (Å²) in [6.07, 6.45) is 0. The molecule has 0 aliphatic heterocycles. The summed E-state index contributed by atoms with van der Waals surface area (Å²) in [5.74, 6) is 0. The fourth-order valence-electron chi connectivity index (χ4n) is 7.94. The van der Waals surface area contributed by atoms with Crippen LogP contribution >= 0.6 is 11.3 Å². The monoisotopic (exact) mass is 717 g/mol. The van der Waals surface area contributed by atoms with Gasteiger partial charge in [-0.3, -0.25) is 0 Å². The quantitative estimate of drug-likeness (QED) is 0.167. The molecule has 7 aromatic carbocycles. The first kappa shape index (κ1) is 33.0. The number of hydrogen-bond donors (Lipinski definition) is 1. The highest BCUT2D eigenvalue weighted by molar-refractivity contribution is 7.27. The van der Waals surface area contributed by atoms with Gasteiger partial charge in [0, 0.05) is 53.1 Å². The first-order chi connectivity index (χ1) is 26.2. The van der Waals surface area contributed by atoms with Crippen molar-refractivity contribution >= 4 is 88.1 Å². The minimum atomic E-state index is -1.04. The van der Waals surface area contributed by atoms with Gasteiger partial charge in [-0.1, -0.05) is 91.0 Å². The maximum absolute atomic E-state index is 10.9. The summed E-state index contributed by atoms with van der Waals surface area (Å²) >= 11 is 1.78. The fourth-order valence-corrected chi connectivity index (χ4v) is 9.10. The average molecular weight is 718 g/mol. The van der Waals surface area contributed by atoms with Crippen molar-refractivity contribution in [3.63, 3.8) is 0 Å². The second-order valence-electron chi connectivity index (χ2n) is 15.3. The number of nitrogens with zero attached hydrogens (tertiary/aromatic N) is 2. The van der Waals surface area contributed by atoms with Gasteiger partial charge in [-0.15, -0.1) is 11.3 Å². The van der Waals surface area contributed by atoms with E-state index in [0.717, 1.165) is 32.6 Å². The number of rotatable bonds is 7. The van der Waals surface area contributed by atoms with E-state index in [9.17, 15) is 5.11 Å². The zero-order valence-electron chi connectivity index (χ0n) is 30.7. The van der Waals surface area contributed by atoms with E-state index in [1.807, 2.05) is 21.3 Å². The molecule has 261 valence electrons. The Hall–Kier alpha value is -5.66. The maximum atomic E-state index is 10.9. The second-order valence-corrected chi connectivity index (χ2v) is 16.3. The van der Waals surface area contributed by atoms with Crippen LogP contribution in [-0.2, 0) is 4.65 Å². The summed E-state index contributed by atoms with van der Waals surface area (Å²) in [6, 6.07) is 54.9. The van der Waals surface area contributed by atoms with E-state index in [2.05, 4.69) is 161 Å². The highest BCUT2D eigenvalue weighted by atomic mass is 32.1. The van der Waals surface area contributed by atoms with Gasteiger partial charge in [-0.05, 0) is 105 Å². The Labute approximate surface area is 318 Å². The Morgan fingerprint density at radius 2 is 1.17 bits per heavy atom. The molecule has 0 bridgehead atoms. The first-order valence-electron chi connectivity index (χ1n) is 18.5. The Balaban J connectivity index is 1.19. The van der Waals surface area contributed by atoms with Crippen molar-refractivity contribution in [1.29, 1.82) is 0 Å². The lowest BCUT2D eigenvalue weighted by Gasteiger charge is -2.37. The molecule has 0 unspecified atom stereocenters. The number of fused-ring (bicyclic) bond motifs is 9.